The minimum Gasteiger partial charge on any atom is -0.325 e. The Bertz CT molecular complexity index is 1160. The van der Waals surface area contributed by atoms with Crippen molar-refractivity contribution in [3.8, 4) is 0 Å². The standard InChI is InChI=1S/C35H39N/c1-28(33(2,3)36)35(31-22-13-7-14-23-31,32-24-15-8-16-25-32)27-17-26-34(4,29-18-9-5-10-19-29)30-20-11-6-12-21-30/h5-26,28H,27,36H2,1-4H3/b26-17+. The average Bonchev–Trinajstić information content (AvgIpc) is 2.92. The number of nitrogens with two attached hydrogens (primary N) is 1. The van der Waals surface area contributed by atoms with Gasteiger partial charge in [0.1, 0.15) is 0 Å². The van der Waals surface area contributed by atoms with E-state index in [1.54, 1.807) is 0 Å². The van der Waals surface area contributed by atoms with Gasteiger partial charge in [-0.2, -0.15) is 0 Å². The fraction of sp³-hybridized carbons (Fsp3) is 0.257. The minimum absolute atomic E-state index is 0.180. The van der Waals surface area contributed by atoms with E-state index in [2.05, 4.69) is 161 Å². The Labute approximate surface area is 217 Å². The molecule has 1 unspecified atom stereocenters. The molecule has 0 saturated carbocycles. The maximum Gasteiger partial charge on any atom is 0.0353 e. The van der Waals surface area contributed by atoms with Gasteiger partial charge in [0.25, 0.3) is 0 Å². The lowest BCUT2D eigenvalue weighted by atomic mass is 9.59. The molecule has 1 heteroatoms. The van der Waals surface area contributed by atoms with Gasteiger partial charge in [0.15, 0.2) is 0 Å². The number of benzene rings is 4. The summed E-state index contributed by atoms with van der Waals surface area (Å²) in [5.74, 6) is 0.180. The summed E-state index contributed by atoms with van der Waals surface area (Å²) in [6, 6.07) is 43.4. The van der Waals surface area contributed by atoms with Crippen LogP contribution in [-0.4, -0.2) is 5.54 Å². The smallest absolute Gasteiger partial charge is 0.0353 e. The number of hydrogen-bond acceptors (Lipinski definition) is 1. The summed E-state index contributed by atoms with van der Waals surface area (Å²) in [6.45, 7) is 8.93. The Morgan fingerprint density at radius 2 is 0.917 bits per heavy atom. The van der Waals surface area contributed by atoms with Gasteiger partial charge in [-0.05, 0) is 55.4 Å². The molecule has 0 aromatic heterocycles. The van der Waals surface area contributed by atoms with Crippen molar-refractivity contribution in [2.24, 2.45) is 11.7 Å². The number of allylic oxidation sites excluding steroid dienone is 2. The third-order valence-electron chi connectivity index (χ3n) is 8.07. The summed E-state index contributed by atoms with van der Waals surface area (Å²) in [5, 5.41) is 0. The second-order valence-corrected chi connectivity index (χ2v) is 10.8. The van der Waals surface area contributed by atoms with Crippen LogP contribution in [0.2, 0.25) is 0 Å². The van der Waals surface area contributed by atoms with E-state index in [0.29, 0.717) is 0 Å². The van der Waals surface area contributed by atoms with Crippen LogP contribution in [0.15, 0.2) is 133 Å². The van der Waals surface area contributed by atoms with Crippen LogP contribution in [0.1, 0.15) is 56.4 Å². The van der Waals surface area contributed by atoms with Crippen LogP contribution in [0.4, 0.5) is 0 Å². The highest BCUT2D eigenvalue weighted by Gasteiger charge is 2.44. The molecule has 0 spiro atoms. The van der Waals surface area contributed by atoms with Gasteiger partial charge in [-0.25, -0.2) is 0 Å². The predicted octanol–water partition coefficient (Wildman–Crippen LogP) is 8.30. The third-order valence-corrected chi connectivity index (χ3v) is 8.07. The maximum absolute atomic E-state index is 6.86. The lowest BCUT2D eigenvalue weighted by Gasteiger charge is -2.46. The van der Waals surface area contributed by atoms with Gasteiger partial charge in [-0.3, -0.25) is 0 Å². The fourth-order valence-corrected chi connectivity index (χ4v) is 5.59. The SMILES string of the molecule is CC(C(C)(C)N)C(C/C=C/C(C)(c1ccccc1)c1ccccc1)(c1ccccc1)c1ccccc1. The lowest BCUT2D eigenvalue weighted by molar-refractivity contribution is 0.228. The van der Waals surface area contributed by atoms with Crippen LogP contribution < -0.4 is 5.73 Å². The van der Waals surface area contributed by atoms with Gasteiger partial charge < -0.3 is 5.73 Å². The van der Waals surface area contributed by atoms with Crippen molar-refractivity contribution in [2.45, 2.75) is 50.5 Å². The van der Waals surface area contributed by atoms with Gasteiger partial charge in [-0.1, -0.05) is 140 Å². The molecule has 0 saturated heterocycles. The molecule has 36 heavy (non-hydrogen) atoms. The molecule has 0 radical (unpaired) electrons. The van der Waals surface area contributed by atoms with Crippen molar-refractivity contribution in [1.82, 2.24) is 0 Å². The van der Waals surface area contributed by atoms with E-state index >= 15 is 0 Å². The molecular weight excluding hydrogens is 434 g/mol. The fourth-order valence-electron chi connectivity index (χ4n) is 5.59. The van der Waals surface area contributed by atoms with E-state index in [1.807, 2.05) is 0 Å². The van der Waals surface area contributed by atoms with E-state index in [0.717, 1.165) is 6.42 Å². The zero-order chi connectivity index (χ0) is 25.7. The Morgan fingerprint density at radius 3 is 1.25 bits per heavy atom. The molecule has 0 bridgehead atoms. The molecule has 0 fully saturated rings. The Morgan fingerprint density at radius 1 is 0.583 bits per heavy atom. The van der Waals surface area contributed by atoms with Crippen LogP contribution in [0.25, 0.3) is 0 Å². The largest absolute Gasteiger partial charge is 0.325 e. The summed E-state index contributed by atoms with van der Waals surface area (Å²) >= 11 is 0. The molecule has 4 rings (SSSR count). The van der Waals surface area contributed by atoms with Crippen LogP contribution in [-0.2, 0) is 10.8 Å². The minimum atomic E-state index is -0.373. The van der Waals surface area contributed by atoms with Crippen LogP contribution in [0.5, 0.6) is 0 Å². The second kappa shape index (κ2) is 10.7. The zero-order valence-electron chi connectivity index (χ0n) is 22.1. The van der Waals surface area contributed by atoms with Crippen molar-refractivity contribution >= 4 is 0 Å². The molecule has 0 aliphatic heterocycles. The van der Waals surface area contributed by atoms with Crippen LogP contribution in [0.3, 0.4) is 0 Å². The molecule has 4 aromatic rings. The van der Waals surface area contributed by atoms with E-state index in [9.17, 15) is 0 Å². The number of hydrogen-bond donors (Lipinski definition) is 1. The Kier molecular flexibility index (Phi) is 7.62. The third kappa shape index (κ3) is 5.08. The van der Waals surface area contributed by atoms with Gasteiger partial charge in [0, 0.05) is 16.4 Å². The van der Waals surface area contributed by atoms with Crippen LogP contribution in [0, 0.1) is 5.92 Å². The van der Waals surface area contributed by atoms with Gasteiger partial charge in [-0.15, -0.1) is 0 Å². The highest BCUT2D eigenvalue weighted by Crippen LogP contribution is 2.47. The normalized spacial score (nSPS) is 13.6. The van der Waals surface area contributed by atoms with Crippen molar-refractivity contribution in [3.05, 3.63) is 156 Å². The molecule has 4 aromatic carbocycles. The zero-order valence-corrected chi connectivity index (χ0v) is 22.1. The molecular formula is C35H39N. The second-order valence-electron chi connectivity index (χ2n) is 10.8. The van der Waals surface area contributed by atoms with Crippen molar-refractivity contribution in [1.29, 1.82) is 0 Å². The highest BCUT2D eigenvalue weighted by atomic mass is 14.7. The van der Waals surface area contributed by atoms with E-state index < -0.39 is 0 Å². The van der Waals surface area contributed by atoms with Crippen molar-refractivity contribution in [2.75, 3.05) is 0 Å². The highest BCUT2D eigenvalue weighted by molar-refractivity contribution is 5.45. The molecule has 0 amide bonds. The molecule has 0 aliphatic rings. The summed E-state index contributed by atoms with van der Waals surface area (Å²) in [6.07, 6.45) is 5.63. The van der Waals surface area contributed by atoms with Gasteiger partial charge >= 0.3 is 0 Å². The molecule has 1 nitrogen and oxygen atoms in total. The first kappa shape index (κ1) is 25.7. The molecule has 0 heterocycles. The van der Waals surface area contributed by atoms with Crippen molar-refractivity contribution in [3.63, 3.8) is 0 Å². The first-order chi connectivity index (χ1) is 17.3. The molecule has 0 aliphatic carbocycles. The quantitative estimate of drug-likeness (QED) is 0.243. The van der Waals surface area contributed by atoms with E-state index in [4.69, 9.17) is 5.73 Å². The van der Waals surface area contributed by atoms with Gasteiger partial charge in [0.2, 0.25) is 0 Å². The lowest BCUT2D eigenvalue weighted by Crippen LogP contribution is -2.51. The Balaban J connectivity index is 1.87. The van der Waals surface area contributed by atoms with Crippen LogP contribution >= 0.6 is 0 Å². The molecule has 1 atom stereocenters. The summed E-state index contributed by atoms with van der Waals surface area (Å²) < 4.78 is 0. The summed E-state index contributed by atoms with van der Waals surface area (Å²) in [5.41, 5.74) is 11.1. The monoisotopic (exact) mass is 473 g/mol. The number of rotatable bonds is 9. The summed E-state index contributed by atoms with van der Waals surface area (Å²) in [4.78, 5) is 0. The van der Waals surface area contributed by atoms with Crippen molar-refractivity contribution < 1.29 is 0 Å². The van der Waals surface area contributed by atoms with Gasteiger partial charge in [0.05, 0.1) is 0 Å². The first-order valence-corrected chi connectivity index (χ1v) is 13.0. The summed E-state index contributed by atoms with van der Waals surface area (Å²) in [7, 11) is 0. The predicted molar refractivity (Wildman–Crippen MR) is 154 cm³/mol. The van der Waals surface area contributed by atoms with E-state index in [-0.39, 0.29) is 22.3 Å². The molecule has 2 N–H and O–H groups in total. The van der Waals surface area contributed by atoms with E-state index in [1.165, 1.54) is 22.3 Å². The average molecular weight is 474 g/mol. The molecule has 184 valence electrons. The first-order valence-electron chi connectivity index (χ1n) is 13.0. The maximum atomic E-state index is 6.86. The topological polar surface area (TPSA) is 26.0 Å². The Hall–Kier alpha value is -3.42.